The predicted octanol–water partition coefficient (Wildman–Crippen LogP) is -0.0194. The summed E-state index contributed by atoms with van der Waals surface area (Å²) < 4.78 is 0. The van der Waals surface area contributed by atoms with Crippen molar-refractivity contribution in [3.05, 3.63) is 0 Å². The first-order chi connectivity index (χ1) is 8.51. The monoisotopic (exact) mass is 252 g/mol. The molecule has 0 spiro atoms. The summed E-state index contributed by atoms with van der Waals surface area (Å²) in [5.74, 6) is 0.394. The molecular formula is C13H20N2O3. The van der Waals surface area contributed by atoms with Crippen LogP contribution in [0.4, 0.5) is 0 Å². The highest BCUT2D eigenvalue weighted by Crippen LogP contribution is 2.44. The number of amides is 2. The van der Waals surface area contributed by atoms with E-state index in [2.05, 4.69) is 0 Å². The molecule has 1 aliphatic carbocycles. The molecule has 2 aliphatic heterocycles. The van der Waals surface area contributed by atoms with E-state index in [-0.39, 0.29) is 17.9 Å². The van der Waals surface area contributed by atoms with E-state index in [1.54, 1.807) is 9.80 Å². The van der Waals surface area contributed by atoms with Crippen molar-refractivity contribution in [2.24, 2.45) is 5.92 Å². The molecule has 0 unspecified atom stereocenters. The van der Waals surface area contributed by atoms with Crippen molar-refractivity contribution in [1.82, 2.24) is 9.80 Å². The minimum absolute atomic E-state index is 0.0213. The van der Waals surface area contributed by atoms with Crippen molar-refractivity contribution in [2.45, 2.75) is 44.2 Å². The van der Waals surface area contributed by atoms with Crippen LogP contribution in [-0.4, -0.2) is 58.0 Å². The van der Waals surface area contributed by atoms with Gasteiger partial charge in [0.2, 0.25) is 11.8 Å². The molecule has 1 saturated carbocycles. The van der Waals surface area contributed by atoms with Crippen molar-refractivity contribution in [2.75, 3.05) is 19.6 Å². The lowest BCUT2D eigenvalue weighted by Crippen LogP contribution is -2.67. The molecule has 3 rings (SSSR count). The second-order valence-electron chi connectivity index (χ2n) is 5.94. The Hall–Kier alpha value is -1.10. The lowest BCUT2D eigenvalue weighted by atomic mass is 9.88. The standard InChI is InChI=1S/C13H20N2O3/c1-9(16)15-6-2-3-11(15)12(17)14-7-13(18,8-14)10-4-5-10/h10-11,18H,2-8H2,1H3/t11-/m1/s1. The molecule has 0 radical (unpaired) electrons. The van der Waals surface area contributed by atoms with E-state index in [9.17, 15) is 14.7 Å². The Balaban J connectivity index is 1.60. The zero-order chi connectivity index (χ0) is 12.9. The third-order valence-electron chi connectivity index (χ3n) is 4.52. The molecule has 2 heterocycles. The summed E-state index contributed by atoms with van der Waals surface area (Å²) in [5, 5.41) is 10.2. The van der Waals surface area contributed by atoms with Crippen LogP contribution in [0.3, 0.4) is 0 Å². The smallest absolute Gasteiger partial charge is 0.245 e. The summed E-state index contributed by atoms with van der Waals surface area (Å²) in [6.07, 6.45) is 3.83. The Labute approximate surface area is 107 Å². The number of hydrogen-bond acceptors (Lipinski definition) is 3. The van der Waals surface area contributed by atoms with Crippen molar-refractivity contribution in [1.29, 1.82) is 0 Å². The molecule has 2 amide bonds. The molecule has 3 fully saturated rings. The topological polar surface area (TPSA) is 60.9 Å². The molecule has 0 aromatic heterocycles. The number of hydrogen-bond donors (Lipinski definition) is 1. The minimum atomic E-state index is -0.630. The quantitative estimate of drug-likeness (QED) is 0.751. The van der Waals surface area contributed by atoms with E-state index in [0.29, 0.717) is 25.6 Å². The van der Waals surface area contributed by atoms with Crippen LogP contribution < -0.4 is 0 Å². The minimum Gasteiger partial charge on any atom is -0.386 e. The Kier molecular flexibility index (Phi) is 2.62. The summed E-state index contributed by atoms with van der Waals surface area (Å²) in [6.45, 7) is 3.12. The molecular weight excluding hydrogens is 232 g/mol. The zero-order valence-electron chi connectivity index (χ0n) is 10.8. The van der Waals surface area contributed by atoms with Gasteiger partial charge in [-0.25, -0.2) is 0 Å². The second kappa shape index (κ2) is 3.95. The van der Waals surface area contributed by atoms with E-state index in [1.807, 2.05) is 0 Å². The lowest BCUT2D eigenvalue weighted by molar-refractivity contribution is -0.165. The van der Waals surface area contributed by atoms with E-state index in [0.717, 1.165) is 25.7 Å². The van der Waals surface area contributed by atoms with Gasteiger partial charge in [-0.3, -0.25) is 9.59 Å². The number of likely N-dealkylation sites (tertiary alicyclic amines) is 2. The largest absolute Gasteiger partial charge is 0.386 e. The fourth-order valence-electron chi connectivity index (χ4n) is 3.26. The van der Waals surface area contributed by atoms with Gasteiger partial charge in [0.1, 0.15) is 11.6 Å². The second-order valence-corrected chi connectivity index (χ2v) is 5.94. The third kappa shape index (κ3) is 1.81. The lowest BCUT2D eigenvalue weighted by Gasteiger charge is -2.48. The van der Waals surface area contributed by atoms with Crippen LogP contribution in [0.5, 0.6) is 0 Å². The van der Waals surface area contributed by atoms with Crippen LogP contribution >= 0.6 is 0 Å². The number of aliphatic hydroxyl groups is 1. The van der Waals surface area contributed by atoms with Crippen molar-refractivity contribution < 1.29 is 14.7 Å². The van der Waals surface area contributed by atoms with Gasteiger partial charge in [-0.1, -0.05) is 0 Å². The molecule has 5 heteroatoms. The first kappa shape index (κ1) is 12.0. The Morgan fingerprint density at radius 1 is 1.22 bits per heavy atom. The highest BCUT2D eigenvalue weighted by molar-refractivity contribution is 5.88. The number of rotatable bonds is 2. The van der Waals surface area contributed by atoms with Crippen LogP contribution in [0.15, 0.2) is 0 Å². The first-order valence-corrected chi connectivity index (χ1v) is 6.80. The summed E-state index contributed by atoms with van der Waals surface area (Å²) in [6, 6.07) is -0.286. The van der Waals surface area contributed by atoms with Gasteiger partial charge in [0.25, 0.3) is 0 Å². The molecule has 0 aromatic rings. The number of β-amino-alcohol motifs (C(OH)–C–C–N with tert-alkyl or cyclic N) is 1. The highest BCUT2D eigenvalue weighted by atomic mass is 16.3. The number of carbonyl (C=O) groups is 2. The van der Waals surface area contributed by atoms with E-state index >= 15 is 0 Å². The number of carbonyl (C=O) groups excluding carboxylic acids is 2. The highest BCUT2D eigenvalue weighted by Gasteiger charge is 2.54. The van der Waals surface area contributed by atoms with Crippen molar-refractivity contribution >= 4 is 11.8 Å². The summed E-state index contributed by atoms with van der Waals surface area (Å²) in [5.41, 5.74) is -0.630. The molecule has 0 bridgehead atoms. The van der Waals surface area contributed by atoms with Crippen LogP contribution in [-0.2, 0) is 9.59 Å². The van der Waals surface area contributed by atoms with Crippen LogP contribution in [0.1, 0.15) is 32.6 Å². The van der Waals surface area contributed by atoms with Gasteiger partial charge in [-0.2, -0.15) is 0 Å². The van der Waals surface area contributed by atoms with E-state index in [4.69, 9.17) is 0 Å². The van der Waals surface area contributed by atoms with Gasteiger partial charge < -0.3 is 14.9 Å². The summed E-state index contributed by atoms with van der Waals surface area (Å²) in [7, 11) is 0. The van der Waals surface area contributed by atoms with Crippen LogP contribution in [0.2, 0.25) is 0 Å². The molecule has 2 saturated heterocycles. The Morgan fingerprint density at radius 2 is 1.89 bits per heavy atom. The molecule has 18 heavy (non-hydrogen) atoms. The van der Waals surface area contributed by atoms with E-state index in [1.165, 1.54) is 6.92 Å². The summed E-state index contributed by atoms with van der Waals surface area (Å²) in [4.78, 5) is 27.1. The maximum Gasteiger partial charge on any atom is 0.245 e. The Bertz CT molecular complexity index is 386. The average molecular weight is 252 g/mol. The normalized spacial score (nSPS) is 30.2. The Morgan fingerprint density at radius 3 is 2.44 bits per heavy atom. The fraction of sp³-hybridized carbons (Fsp3) is 0.846. The van der Waals surface area contributed by atoms with Gasteiger partial charge in [0.15, 0.2) is 0 Å². The van der Waals surface area contributed by atoms with Crippen LogP contribution in [0, 0.1) is 5.92 Å². The number of nitrogens with zero attached hydrogens (tertiary/aromatic N) is 2. The van der Waals surface area contributed by atoms with Gasteiger partial charge in [-0.05, 0) is 31.6 Å². The SMILES string of the molecule is CC(=O)N1CCC[C@@H]1C(=O)N1CC(O)(C2CC2)C1. The van der Waals surface area contributed by atoms with Crippen LogP contribution in [0.25, 0.3) is 0 Å². The molecule has 5 nitrogen and oxygen atoms in total. The fourth-order valence-corrected chi connectivity index (χ4v) is 3.26. The van der Waals surface area contributed by atoms with Gasteiger partial charge >= 0.3 is 0 Å². The maximum absolute atomic E-state index is 12.3. The molecule has 0 aromatic carbocycles. The zero-order valence-corrected chi connectivity index (χ0v) is 10.8. The van der Waals surface area contributed by atoms with E-state index < -0.39 is 5.60 Å². The maximum atomic E-state index is 12.3. The van der Waals surface area contributed by atoms with Crippen molar-refractivity contribution in [3.8, 4) is 0 Å². The van der Waals surface area contributed by atoms with Gasteiger partial charge in [0.05, 0.1) is 13.1 Å². The molecule has 1 N–H and O–H groups in total. The van der Waals surface area contributed by atoms with Crippen molar-refractivity contribution in [3.63, 3.8) is 0 Å². The molecule has 1 atom stereocenters. The molecule has 3 aliphatic rings. The van der Waals surface area contributed by atoms with Gasteiger partial charge in [0, 0.05) is 13.5 Å². The summed E-state index contributed by atoms with van der Waals surface area (Å²) >= 11 is 0. The first-order valence-electron chi connectivity index (χ1n) is 6.80. The van der Waals surface area contributed by atoms with Gasteiger partial charge in [-0.15, -0.1) is 0 Å². The average Bonchev–Trinajstić information content (AvgIpc) is 3.01. The predicted molar refractivity (Wildman–Crippen MR) is 64.7 cm³/mol. The molecule has 100 valence electrons. The third-order valence-corrected chi connectivity index (χ3v) is 4.52.